The summed E-state index contributed by atoms with van der Waals surface area (Å²) in [6.45, 7) is 3.05. The number of para-hydroxylation sites is 2. The van der Waals surface area contributed by atoms with Crippen molar-refractivity contribution in [3.05, 3.63) is 108 Å². The van der Waals surface area contributed by atoms with E-state index in [2.05, 4.69) is 45.7 Å². The summed E-state index contributed by atoms with van der Waals surface area (Å²) in [5, 5.41) is 0. The fraction of sp³-hybridized carbons (Fsp3) is 0.143. The first kappa shape index (κ1) is 29.1. The maximum absolute atomic E-state index is 12.5. The Kier molecular flexibility index (Phi) is 9.12. The van der Waals surface area contributed by atoms with Crippen LogP contribution in [0.3, 0.4) is 0 Å². The Hall–Kier alpha value is -3.49. The van der Waals surface area contributed by atoms with Crippen LogP contribution in [0.4, 0.5) is 26.3 Å². The monoisotopic (exact) mass is 704 g/mol. The normalized spacial score (nSPS) is 11.4. The molecule has 0 aliphatic heterocycles. The van der Waals surface area contributed by atoms with Crippen LogP contribution in [0.5, 0.6) is 0 Å². The second kappa shape index (κ2) is 11.9. The minimum absolute atomic E-state index is 0. The number of nitrogens with zero attached hydrogens (tertiary/aromatic N) is 3. The number of pyridine rings is 1. The summed E-state index contributed by atoms with van der Waals surface area (Å²) in [5.74, 6) is 0.995. The molecule has 0 unspecified atom stereocenters. The Morgan fingerprint density at radius 1 is 0.737 bits per heavy atom. The van der Waals surface area contributed by atoms with Gasteiger partial charge in [-0.15, -0.1) is 65.7 Å². The van der Waals surface area contributed by atoms with Crippen molar-refractivity contribution in [1.82, 2.24) is 14.5 Å². The molecule has 5 rings (SSSR count). The standard InChI is InChI=1S/C15H13N2.C13H6F6N.Ir/c1-2-17-14-11-7-6-10-13(14)16-15(17)12-8-4-3-5-9-12;14-12(15,16)9-6-4-8(5-7-9)10-2-1-3-11(20-10)13(17,18)19;/h3-8,10-11H,2H2,1H3;1-4,6-7H;/q2*-1;. The molecule has 0 saturated carbocycles. The minimum atomic E-state index is -4.61. The third-order valence-electron chi connectivity index (χ3n) is 5.38. The number of alkyl halides is 6. The predicted molar refractivity (Wildman–Crippen MR) is 128 cm³/mol. The molecule has 0 fully saturated rings. The van der Waals surface area contributed by atoms with Gasteiger partial charge in [-0.05, 0) is 36.4 Å². The molecule has 1 radical (unpaired) electrons. The molecule has 2 aromatic heterocycles. The number of fused-ring (bicyclic) bond motifs is 1. The number of halogens is 6. The van der Waals surface area contributed by atoms with E-state index >= 15 is 0 Å². The van der Waals surface area contributed by atoms with Crippen molar-refractivity contribution in [1.29, 1.82) is 0 Å². The first-order valence-electron chi connectivity index (χ1n) is 11.1. The predicted octanol–water partition coefficient (Wildman–Crippen LogP) is 8.11. The fourth-order valence-corrected chi connectivity index (χ4v) is 3.64. The van der Waals surface area contributed by atoms with Crippen LogP contribution in [-0.2, 0) is 39.0 Å². The molecule has 0 aliphatic rings. The van der Waals surface area contributed by atoms with E-state index in [9.17, 15) is 26.3 Å². The third-order valence-corrected chi connectivity index (χ3v) is 5.38. The molecular formula is C28H19F6IrN3-2. The quantitative estimate of drug-likeness (QED) is 0.141. The molecule has 0 saturated heterocycles. The third kappa shape index (κ3) is 6.68. The fourth-order valence-electron chi connectivity index (χ4n) is 3.64. The zero-order valence-corrected chi connectivity index (χ0v) is 22.1. The maximum Gasteiger partial charge on any atom is 0.432 e. The van der Waals surface area contributed by atoms with Gasteiger partial charge in [0.1, 0.15) is 5.69 Å². The Bertz CT molecular complexity index is 1480. The van der Waals surface area contributed by atoms with Gasteiger partial charge in [-0.1, -0.05) is 24.3 Å². The molecule has 3 nitrogen and oxygen atoms in total. The van der Waals surface area contributed by atoms with Gasteiger partial charge in [0.05, 0.1) is 16.9 Å². The average molecular weight is 704 g/mol. The number of benzene rings is 3. The van der Waals surface area contributed by atoms with Crippen molar-refractivity contribution < 1.29 is 46.4 Å². The molecule has 0 spiro atoms. The van der Waals surface area contributed by atoms with Crippen LogP contribution < -0.4 is 0 Å². The van der Waals surface area contributed by atoms with E-state index in [-0.39, 0.29) is 31.4 Å². The molecule has 199 valence electrons. The number of aryl methyl sites for hydroxylation is 1. The van der Waals surface area contributed by atoms with Crippen LogP contribution in [-0.4, -0.2) is 14.5 Å². The molecule has 0 bridgehead atoms. The number of rotatable bonds is 3. The number of hydrogen-bond acceptors (Lipinski definition) is 2. The average Bonchev–Trinajstić information content (AvgIpc) is 3.27. The Labute approximate surface area is 228 Å². The molecule has 0 amide bonds. The summed E-state index contributed by atoms with van der Waals surface area (Å²) in [5.41, 5.74) is 1.21. The summed E-state index contributed by atoms with van der Waals surface area (Å²) in [6.07, 6.45) is -9.13. The summed E-state index contributed by atoms with van der Waals surface area (Å²) in [6, 6.07) is 27.4. The van der Waals surface area contributed by atoms with Crippen LogP contribution in [0.25, 0.3) is 33.7 Å². The first-order chi connectivity index (χ1) is 17.6. The number of aromatic nitrogens is 3. The molecule has 10 heteroatoms. The molecule has 38 heavy (non-hydrogen) atoms. The molecular weight excluding hydrogens is 685 g/mol. The van der Waals surface area contributed by atoms with Crippen LogP contribution in [0.2, 0.25) is 0 Å². The second-order valence-corrected chi connectivity index (χ2v) is 7.84. The summed E-state index contributed by atoms with van der Waals surface area (Å²) >= 11 is 0. The summed E-state index contributed by atoms with van der Waals surface area (Å²) in [7, 11) is 0. The van der Waals surface area contributed by atoms with E-state index < -0.39 is 23.6 Å². The van der Waals surface area contributed by atoms with Crippen LogP contribution in [0.15, 0.2) is 84.9 Å². The molecule has 3 aromatic carbocycles. The zero-order chi connectivity index (χ0) is 26.6. The van der Waals surface area contributed by atoms with E-state index in [0.717, 1.165) is 47.7 Å². The van der Waals surface area contributed by atoms with Crippen molar-refractivity contribution >= 4 is 11.0 Å². The summed E-state index contributed by atoms with van der Waals surface area (Å²) in [4.78, 5) is 8.05. The smallest absolute Gasteiger partial charge is 0.364 e. The van der Waals surface area contributed by atoms with Crippen molar-refractivity contribution in [2.24, 2.45) is 0 Å². The summed E-state index contributed by atoms with van der Waals surface area (Å²) < 4.78 is 76.7. The van der Waals surface area contributed by atoms with Crippen molar-refractivity contribution in [3.8, 4) is 22.6 Å². The number of hydrogen-bond donors (Lipinski definition) is 0. The van der Waals surface area contributed by atoms with Gasteiger partial charge in [-0.2, -0.15) is 26.3 Å². The van der Waals surface area contributed by atoms with Crippen molar-refractivity contribution in [2.75, 3.05) is 0 Å². The van der Waals surface area contributed by atoms with Gasteiger partial charge >= 0.3 is 12.4 Å². The van der Waals surface area contributed by atoms with Gasteiger partial charge in [0.2, 0.25) is 0 Å². The van der Waals surface area contributed by atoms with Gasteiger partial charge in [-0.25, -0.2) is 0 Å². The van der Waals surface area contributed by atoms with Crippen LogP contribution >= 0.6 is 0 Å². The number of imidazole rings is 1. The van der Waals surface area contributed by atoms with E-state index in [1.807, 2.05) is 36.4 Å². The molecule has 0 N–H and O–H groups in total. The SMILES string of the molecule is CCn1c(-c2[c-]cccc2)nc2ccccc21.FC(F)(F)c1c[c-]c(-c2cccc(C(F)(F)F)n2)cc1.[Ir]. The van der Waals surface area contributed by atoms with Crippen molar-refractivity contribution in [3.63, 3.8) is 0 Å². The van der Waals surface area contributed by atoms with E-state index in [4.69, 9.17) is 0 Å². The van der Waals surface area contributed by atoms with Gasteiger partial charge in [0.15, 0.2) is 0 Å². The molecule has 0 aliphatic carbocycles. The largest absolute Gasteiger partial charge is 0.432 e. The van der Waals surface area contributed by atoms with E-state index in [1.165, 1.54) is 11.6 Å². The Morgan fingerprint density at radius 2 is 1.47 bits per heavy atom. The first-order valence-corrected chi connectivity index (χ1v) is 11.1. The van der Waals surface area contributed by atoms with Gasteiger partial charge in [0.25, 0.3) is 0 Å². The maximum atomic E-state index is 12.5. The van der Waals surface area contributed by atoms with Crippen LogP contribution in [0.1, 0.15) is 18.2 Å². The Morgan fingerprint density at radius 3 is 2.08 bits per heavy atom. The van der Waals surface area contributed by atoms with E-state index in [1.54, 1.807) is 0 Å². The van der Waals surface area contributed by atoms with Gasteiger partial charge in [-0.3, -0.25) is 9.97 Å². The van der Waals surface area contributed by atoms with Gasteiger partial charge < -0.3 is 4.57 Å². The topological polar surface area (TPSA) is 30.7 Å². The molecule has 2 heterocycles. The Balaban J connectivity index is 0.000000207. The minimum Gasteiger partial charge on any atom is -0.364 e. The van der Waals surface area contributed by atoms with Crippen LogP contribution in [0, 0.1) is 12.1 Å². The van der Waals surface area contributed by atoms with E-state index in [0.29, 0.717) is 6.07 Å². The molecule has 0 atom stereocenters. The second-order valence-electron chi connectivity index (χ2n) is 7.84. The van der Waals surface area contributed by atoms with Gasteiger partial charge in [0, 0.05) is 26.7 Å². The zero-order valence-electron chi connectivity index (χ0n) is 19.7. The molecule has 5 aromatic rings. The van der Waals surface area contributed by atoms with Crippen molar-refractivity contribution in [2.45, 2.75) is 25.8 Å².